The van der Waals surface area contributed by atoms with Crippen LogP contribution < -0.4 is 0 Å². The van der Waals surface area contributed by atoms with Crippen molar-refractivity contribution >= 4 is 11.3 Å². The summed E-state index contributed by atoms with van der Waals surface area (Å²) in [5.74, 6) is 0.643. The zero-order chi connectivity index (χ0) is 13.4. The summed E-state index contributed by atoms with van der Waals surface area (Å²) in [6.45, 7) is 0. The normalized spacial score (nSPS) is 14.4. The van der Waals surface area contributed by atoms with Crippen molar-refractivity contribution in [1.82, 2.24) is 9.97 Å². The van der Waals surface area contributed by atoms with E-state index in [9.17, 15) is 0 Å². The van der Waals surface area contributed by atoms with Gasteiger partial charge in [0.2, 0.25) is 0 Å². The van der Waals surface area contributed by atoms with Crippen molar-refractivity contribution in [3.05, 3.63) is 60.0 Å². The van der Waals surface area contributed by atoms with Gasteiger partial charge in [0.25, 0.3) is 0 Å². The number of nitrogens with zero attached hydrogens (tertiary/aromatic N) is 2. The highest BCUT2D eigenvalue weighted by Crippen LogP contribution is 2.42. The zero-order valence-corrected chi connectivity index (χ0v) is 11.7. The Labute approximate surface area is 122 Å². The molecule has 2 aromatic heterocycles. The summed E-state index contributed by atoms with van der Waals surface area (Å²) in [4.78, 5) is 9.83. The van der Waals surface area contributed by atoms with Crippen molar-refractivity contribution in [2.45, 2.75) is 18.8 Å². The third kappa shape index (κ3) is 2.14. The lowest BCUT2D eigenvalue weighted by molar-refractivity contribution is 1.02. The molecule has 3 aromatic rings. The fourth-order valence-electron chi connectivity index (χ4n) is 2.39. The smallest absolute Gasteiger partial charge is 0.0989 e. The first kappa shape index (κ1) is 11.8. The van der Waals surface area contributed by atoms with Crippen molar-refractivity contribution < 1.29 is 0 Å². The summed E-state index contributed by atoms with van der Waals surface area (Å²) in [7, 11) is 0. The van der Waals surface area contributed by atoms with Crippen molar-refractivity contribution in [2.24, 2.45) is 0 Å². The third-order valence-electron chi connectivity index (χ3n) is 3.62. The fraction of sp³-hybridized carbons (Fsp3) is 0.176. The Bertz CT molecular complexity index is 716. The van der Waals surface area contributed by atoms with E-state index in [1.54, 1.807) is 11.3 Å². The molecule has 0 bridgehead atoms. The Morgan fingerprint density at radius 2 is 2.00 bits per heavy atom. The lowest BCUT2D eigenvalue weighted by Gasteiger charge is -2.09. The first-order chi connectivity index (χ1) is 9.92. The van der Waals surface area contributed by atoms with Crippen LogP contribution in [0.15, 0.2) is 48.1 Å². The Kier molecular flexibility index (Phi) is 2.85. The van der Waals surface area contributed by atoms with E-state index in [0.29, 0.717) is 5.92 Å². The Hall–Kier alpha value is -2.00. The SMILES string of the molecule is [c]1nc(C2CC2)cc(-c2ccccc2)c1-c1cncs1. The Morgan fingerprint density at radius 3 is 2.70 bits per heavy atom. The lowest BCUT2D eigenvalue weighted by atomic mass is 9.99. The molecular weight excluding hydrogens is 264 g/mol. The van der Waals surface area contributed by atoms with Gasteiger partial charge < -0.3 is 0 Å². The fourth-order valence-corrected chi connectivity index (χ4v) is 3.02. The lowest BCUT2D eigenvalue weighted by Crippen LogP contribution is -1.92. The topological polar surface area (TPSA) is 25.8 Å². The molecule has 1 fully saturated rings. The van der Waals surface area contributed by atoms with Gasteiger partial charge in [-0.3, -0.25) is 9.97 Å². The average Bonchev–Trinajstić information content (AvgIpc) is 3.23. The van der Waals surface area contributed by atoms with Crippen LogP contribution in [0, 0.1) is 6.20 Å². The van der Waals surface area contributed by atoms with E-state index in [4.69, 9.17) is 0 Å². The van der Waals surface area contributed by atoms with E-state index in [0.717, 1.165) is 10.4 Å². The molecule has 1 aromatic carbocycles. The van der Waals surface area contributed by atoms with Gasteiger partial charge in [-0.2, -0.15) is 0 Å². The highest BCUT2D eigenvalue weighted by atomic mass is 32.1. The second kappa shape index (κ2) is 4.84. The van der Waals surface area contributed by atoms with E-state index in [-0.39, 0.29) is 0 Å². The molecule has 0 unspecified atom stereocenters. The maximum absolute atomic E-state index is 4.54. The Morgan fingerprint density at radius 1 is 1.15 bits per heavy atom. The van der Waals surface area contributed by atoms with Crippen molar-refractivity contribution in [3.8, 4) is 21.6 Å². The van der Waals surface area contributed by atoms with Gasteiger partial charge in [0.1, 0.15) is 0 Å². The highest BCUT2D eigenvalue weighted by molar-refractivity contribution is 7.13. The molecule has 0 N–H and O–H groups in total. The van der Waals surface area contributed by atoms with Gasteiger partial charge in [0.05, 0.1) is 16.6 Å². The van der Waals surface area contributed by atoms with Gasteiger partial charge in [-0.05, 0) is 30.0 Å². The second-order valence-corrected chi connectivity index (χ2v) is 5.97. The summed E-state index contributed by atoms with van der Waals surface area (Å²) in [5, 5.41) is 0. The van der Waals surface area contributed by atoms with E-state index in [2.05, 4.69) is 46.5 Å². The standard InChI is InChI=1S/C17H13N2S/c1-2-4-12(5-3-1)14-8-16(13-6-7-13)19-9-15(14)17-10-18-11-20-17/h1-5,8,10-11,13H,6-7H2. The number of hydrogen-bond acceptors (Lipinski definition) is 3. The quantitative estimate of drug-likeness (QED) is 0.702. The molecule has 97 valence electrons. The van der Waals surface area contributed by atoms with E-state index in [1.807, 2.05) is 17.8 Å². The van der Waals surface area contributed by atoms with Gasteiger partial charge in [0, 0.05) is 23.4 Å². The minimum absolute atomic E-state index is 0.643. The first-order valence-corrected chi connectivity index (χ1v) is 7.66. The summed E-state index contributed by atoms with van der Waals surface area (Å²) in [6.07, 6.45) is 7.66. The van der Waals surface area contributed by atoms with Gasteiger partial charge in [-0.25, -0.2) is 0 Å². The molecule has 20 heavy (non-hydrogen) atoms. The molecule has 3 heteroatoms. The van der Waals surface area contributed by atoms with Gasteiger partial charge in [-0.15, -0.1) is 11.3 Å². The molecule has 0 atom stereocenters. The number of rotatable bonds is 3. The molecule has 1 saturated carbocycles. The molecule has 0 amide bonds. The van der Waals surface area contributed by atoms with E-state index in [1.165, 1.54) is 29.7 Å². The minimum Gasteiger partial charge on any atom is -0.252 e. The summed E-state index contributed by atoms with van der Waals surface area (Å²) < 4.78 is 0. The summed E-state index contributed by atoms with van der Waals surface area (Å²) in [6, 6.07) is 12.7. The Balaban J connectivity index is 1.90. The number of pyridine rings is 1. The van der Waals surface area contributed by atoms with Crippen LogP contribution in [0.5, 0.6) is 0 Å². The van der Waals surface area contributed by atoms with Crippen LogP contribution in [0.2, 0.25) is 0 Å². The second-order valence-electron chi connectivity index (χ2n) is 5.09. The van der Waals surface area contributed by atoms with Crippen molar-refractivity contribution in [1.29, 1.82) is 0 Å². The van der Waals surface area contributed by atoms with Crippen LogP contribution in [-0.4, -0.2) is 9.97 Å². The molecule has 2 nitrogen and oxygen atoms in total. The minimum atomic E-state index is 0.643. The van der Waals surface area contributed by atoms with Crippen molar-refractivity contribution in [2.75, 3.05) is 0 Å². The monoisotopic (exact) mass is 277 g/mol. The summed E-state index contributed by atoms with van der Waals surface area (Å²) in [5.41, 5.74) is 6.52. The predicted molar refractivity (Wildman–Crippen MR) is 81.6 cm³/mol. The highest BCUT2D eigenvalue weighted by Gasteiger charge is 2.26. The molecule has 1 aliphatic rings. The molecule has 2 heterocycles. The molecule has 0 spiro atoms. The third-order valence-corrected chi connectivity index (χ3v) is 4.41. The van der Waals surface area contributed by atoms with Crippen LogP contribution in [0.3, 0.4) is 0 Å². The van der Waals surface area contributed by atoms with E-state index >= 15 is 0 Å². The molecule has 0 saturated heterocycles. The number of benzene rings is 1. The number of thiazole rings is 1. The predicted octanol–water partition coefficient (Wildman–Crippen LogP) is 4.55. The molecule has 1 aliphatic carbocycles. The maximum Gasteiger partial charge on any atom is 0.0989 e. The van der Waals surface area contributed by atoms with E-state index < -0.39 is 0 Å². The summed E-state index contributed by atoms with van der Waals surface area (Å²) >= 11 is 1.63. The van der Waals surface area contributed by atoms with Gasteiger partial charge in [0.15, 0.2) is 0 Å². The largest absolute Gasteiger partial charge is 0.252 e. The van der Waals surface area contributed by atoms with Crippen LogP contribution in [0.25, 0.3) is 21.6 Å². The van der Waals surface area contributed by atoms with Crippen LogP contribution in [0.4, 0.5) is 0 Å². The number of hydrogen-bond donors (Lipinski definition) is 0. The molecular formula is C17H13N2S. The average molecular weight is 277 g/mol. The zero-order valence-electron chi connectivity index (χ0n) is 10.9. The van der Waals surface area contributed by atoms with Crippen LogP contribution in [-0.2, 0) is 0 Å². The van der Waals surface area contributed by atoms with Crippen LogP contribution in [0.1, 0.15) is 24.5 Å². The molecule has 0 aliphatic heterocycles. The van der Waals surface area contributed by atoms with Gasteiger partial charge in [-0.1, -0.05) is 30.3 Å². The first-order valence-electron chi connectivity index (χ1n) is 6.79. The molecule has 4 rings (SSSR count). The van der Waals surface area contributed by atoms with Crippen LogP contribution >= 0.6 is 11.3 Å². The van der Waals surface area contributed by atoms with Crippen molar-refractivity contribution in [3.63, 3.8) is 0 Å². The molecule has 1 radical (unpaired) electrons. The maximum atomic E-state index is 4.54. The van der Waals surface area contributed by atoms with Gasteiger partial charge >= 0.3 is 0 Å². The number of aromatic nitrogens is 2.